The fourth-order valence-corrected chi connectivity index (χ4v) is 5.05. The number of fused-ring (bicyclic) bond motifs is 1. The second kappa shape index (κ2) is 9.64. The molecule has 204 valence electrons. The molecule has 2 aromatic rings. The number of piperidine rings is 1. The average Bonchev–Trinajstić information content (AvgIpc) is 3.17. The van der Waals surface area contributed by atoms with Crippen LogP contribution in [0.3, 0.4) is 0 Å². The van der Waals surface area contributed by atoms with Crippen molar-refractivity contribution in [3.8, 4) is 11.8 Å². The van der Waals surface area contributed by atoms with E-state index in [0.29, 0.717) is 30.0 Å². The van der Waals surface area contributed by atoms with Crippen molar-refractivity contribution in [3.63, 3.8) is 0 Å². The van der Waals surface area contributed by atoms with Gasteiger partial charge in [-0.1, -0.05) is 13.8 Å². The van der Waals surface area contributed by atoms with Crippen LogP contribution in [0, 0.1) is 16.7 Å². The van der Waals surface area contributed by atoms with E-state index in [1.807, 2.05) is 13.8 Å². The number of halogens is 3. The molecule has 1 fully saturated rings. The van der Waals surface area contributed by atoms with Gasteiger partial charge in [-0.25, -0.2) is 9.48 Å². The van der Waals surface area contributed by atoms with Crippen LogP contribution in [-0.2, 0) is 17.3 Å². The molecule has 1 unspecified atom stereocenters. The Balaban J connectivity index is 1.68. The molecule has 1 saturated heterocycles. The number of Topliss-reactive ketones (excluding diaryl/α,β-unsaturated/α-hetero) is 1. The van der Waals surface area contributed by atoms with Gasteiger partial charge in [0, 0.05) is 25.6 Å². The monoisotopic (exact) mass is 531 g/mol. The summed E-state index contributed by atoms with van der Waals surface area (Å²) in [6.07, 6.45) is -3.51. The maximum atomic E-state index is 13.9. The molecule has 2 heterocycles. The van der Waals surface area contributed by atoms with Crippen molar-refractivity contribution in [2.75, 3.05) is 18.4 Å². The summed E-state index contributed by atoms with van der Waals surface area (Å²) < 4.78 is 48.2. The van der Waals surface area contributed by atoms with E-state index in [-0.39, 0.29) is 30.1 Å². The summed E-state index contributed by atoms with van der Waals surface area (Å²) in [5.74, 6) is -0.578. The number of carbonyl (C=O) groups is 2. The third-order valence-electron chi connectivity index (χ3n) is 6.61. The van der Waals surface area contributed by atoms with Gasteiger partial charge in [-0.05, 0) is 63.6 Å². The van der Waals surface area contributed by atoms with Crippen molar-refractivity contribution in [3.05, 3.63) is 40.7 Å². The Hall–Kier alpha value is -3.55. The number of ketones is 1. The van der Waals surface area contributed by atoms with Crippen LogP contribution in [0.1, 0.15) is 81.2 Å². The smallest absolute Gasteiger partial charge is 0.435 e. The molecule has 4 rings (SSSR count). The molecule has 0 spiro atoms. The lowest BCUT2D eigenvalue weighted by molar-refractivity contribution is -0.141. The molecule has 0 saturated carbocycles. The van der Waals surface area contributed by atoms with Gasteiger partial charge >= 0.3 is 12.3 Å². The number of alkyl halides is 3. The van der Waals surface area contributed by atoms with Gasteiger partial charge in [0.05, 0.1) is 28.2 Å². The number of nitriles is 1. The second-order valence-electron chi connectivity index (χ2n) is 11.8. The Morgan fingerprint density at radius 2 is 1.95 bits per heavy atom. The van der Waals surface area contributed by atoms with Gasteiger partial charge < -0.3 is 15.0 Å². The molecule has 1 aromatic carbocycles. The zero-order chi connectivity index (χ0) is 28.0. The van der Waals surface area contributed by atoms with E-state index in [0.717, 1.165) is 12.8 Å². The second-order valence-corrected chi connectivity index (χ2v) is 11.8. The number of hydrogen-bond donors (Lipinski definition) is 1. The fourth-order valence-electron chi connectivity index (χ4n) is 5.05. The number of carbonyl (C=O) groups excluding carboxylic acids is 2. The molecular weight excluding hydrogens is 499 g/mol. The molecule has 1 amide bonds. The van der Waals surface area contributed by atoms with Crippen molar-refractivity contribution in [2.45, 2.75) is 78.1 Å². The first kappa shape index (κ1) is 27.5. The lowest BCUT2D eigenvalue weighted by Gasteiger charge is -2.35. The number of nitrogens with zero attached hydrogens (tertiary/aromatic N) is 4. The Morgan fingerprint density at radius 1 is 1.24 bits per heavy atom. The first-order valence-electron chi connectivity index (χ1n) is 12.6. The Bertz CT molecular complexity index is 1300. The first-order valence-corrected chi connectivity index (χ1v) is 12.6. The van der Waals surface area contributed by atoms with Crippen LogP contribution in [-0.4, -0.2) is 51.3 Å². The Morgan fingerprint density at radius 3 is 2.58 bits per heavy atom. The molecule has 2 aliphatic rings. The van der Waals surface area contributed by atoms with E-state index in [1.54, 1.807) is 31.7 Å². The molecule has 0 bridgehead atoms. The van der Waals surface area contributed by atoms with Gasteiger partial charge in [-0.2, -0.15) is 23.5 Å². The quantitative estimate of drug-likeness (QED) is 0.543. The normalized spacial score (nSPS) is 19.5. The number of ether oxygens (including phenoxy) is 1. The maximum Gasteiger partial charge on any atom is 0.435 e. The van der Waals surface area contributed by atoms with Gasteiger partial charge in [0.1, 0.15) is 11.7 Å². The van der Waals surface area contributed by atoms with Crippen molar-refractivity contribution >= 4 is 17.6 Å². The molecular formula is C27H32F3N5O3. The Labute approximate surface area is 219 Å². The largest absolute Gasteiger partial charge is 0.444 e. The SMILES string of the molecule is CC1(C)CC(=O)c2c(C(F)(F)F)nn(-c3ccc(C#N)c(NC4CCCN(C(=O)OC(C)(C)C)C4)c3)c2C1. The van der Waals surface area contributed by atoms with Crippen LogP contribution >= 0.6 is 0 Å². The minimum absolute atomic E-state index is 0.00474. The predicted molar refractivity (Wildman–Crippen MR) is 134 cm³/mol. The maximum absolute atomic E-state index is 13.9. The van der Waals surface area contributed by atoms with E-state index in [2.05, 4.69) is 16.5 Å². The highest BCUT2D eigenvalue weighted by Gasteiger charge is 2.45. The van der Waals surface area contributed by atoms with Crippen molar-refractivity contribution in [2.24, 2.45) is 5.41 Å². The molecule has 1 aliphatic carbocycles. The van der Waals surface area contributed by atoms with Crippen molar-refractivity contribution in [1.29, 1.82) is 5.26 Å². The molecule has 1 atom stereocenters. The van der Waals surface area contributed by atoms with Crippen LogP contribution in [0.25, 0.3) is 5.69 Å². The highest BCUT2D eigenvalue weighted by molar-refractivity contribution is 6.00. The molecule has 1 aromatic heterocycles. The molecule has 1 aliphatic heterocycles. The highest BCUT2D eigenvalue weighted by atomic mass is 19.4. The number of nitrogens with one attached hydrogen (secondary N) is 1. The van der Waals surface area contributed by atoms with Crippen LogP contribution in [0.15, 0.2) is 18.2 Å². The topological polar surface area (TPSA) is 100 Å². The molecule has 8 nitrogen and oxygen atoms in total. The summed E-state index contributed by atoms with van der Waals surface area (Å²) in [6, 6.07) is 6.53. The summed E-state index contributed by atoms with van der Waals surface area (Å²) in [5.41, 5.74) is -1.48. The minimum atomic E-state index is -4.78. The minimum Gasteiger partial charge on any atom is -0.444 e. The van der Waals surface area contributed by atoms with E-state index in [1.165, 1.54) is 16.8 Å². The lowest BCUT2D eigenvalue weighted by Crippen LogP contribution is -2.47. The standard InChI is InChI=1S/C27H32F3N5O3/c1-25(2,3)38-24(37)34-10-6-7-17(15-34)32-19-11-18(9-8-16(19)14-31)35-20-12-26(4,5)13-21(36)22(20)23(33-35)27(28,29)30/h8-9,11,17,32H,6-7,10,12-13,15H2,1-5H3. The summed E-state index contributed by atoms with van der Waals surface area (Å²) in [7, 11) is 0. The zero-order valence-corrected chi connectivity index (χ0v) is 22.2. The third kappa shape index (κ3) is 5.79. The number of likely N-dealkylation sites (tertiary alicyclic amines) is 1. The van der Waals surface area contributed by atoms with Gasteiger partial charge in [-0.3, -0.25) is 4.79 Å². The Kier molecular flexibility index (Phi) is 6.97. The summed E-state index contributed by atoms with van der Waals surface area (Å²) >= 11 is 0. The van der Waals surface area contributed by atoms with Gasteiger partial charge in [0.25, 0.3) is 0 Å². The van der Waals surface area contributed by atoms with Crippen LogP contribution in [0.5, 0.6) is 0 Å². The van der Waals surface area contributed by atoms with Gasteiger partial charge in [0.15, 0.2) is 11.5 Å². The summed E-state index contributed by atoms with van der Waals surface area (Å²) in [6.45, 7) is 9.95. The molecule has 38 heavy (non-hydrogen) atoms. The lowest BCUT2D eigenvalue weighted by atomic mass is 9.75. The predicted octanol–water partition coefficient (Wildman–Crippen LogP) is 5.73. The van der Waals surface area contributed by atoms with Crippen molar-refractivity contribution in [1.82, 2.24) is 14.7 Å². The summed E-state index contributed by atoms with van der Waals surface area (Å²) in [5, 5.41) is 16.8. The molecule has 1 N–H and O–H groups in total. The summed E-state index contributed by atoms with van der Waals surface area (Å²) in [4.78, 5) is 26.9. The van der Waals surface area contributed by atoms with E-state index >= 15 is 0 Å². The molecule has 0 radical (unpaired) electrons. The number of rotatable bonds is 3. The number of aromatic nitrogens is 2. The van der Waals surface area contributed by atoms with E-state index in [9.17, 15) is 28.0 Å². The number of amides is 1. The number of benzene rings is 1. The first-order chi connectivity index (χ1) is 17.6. The van der Waals surface area contributed by atoms with Gasteiger partial charge in [0.2, 0.25) is 0 Å². The van der Waals surface area contributed by atoms with Crippen LogP contribution in [0.2, 0.25) is 0 Å². The number of anilines is 1. The fraction of sp³-hybridized carbons (Fsp3) is 0.556. The zero-order valence-electron chi connectivity index (χ0n) is 22.2. The van der Waals surface area contributed by atoms with Crippen molar-refractivity contribution < 1.29 is 27.5 Å². The number of hydrogen-bond acceptors (Lipinski definition) is 6. The van der Waals surface area contributed by atoms with E-state index < -0.39 is 34.8 Å². The highest BCUT2D eigenvalue weighted by Crippen LogP contribution is 2.42. The average molecular weight is 532 g/mol. The van der Waals surface area contributed by atoms with Crippen LogP contribution < -0.4 is 5.32 Å². The van der Waals surface area contributed by atoms with Crippen LogP contribution in [0.4, 0.5) is 23.7 Å². The van der Waals surface area contributed by atoms with E-state index in [4.69, 9.17) is 4.74 Å². The van der Waals surface area contributed by atoms with Gasteiger partial charge in [-0.15, -0.1) is 0 Å². The molecule has 11 heteroatoms. The third-order valence-corrected chi connectivity index (χ3v) is 6.61.